The molecule has 0 bridgehead atoms. The van der Waals surface area contributed by atoms with Crippen LogP contribution < -0.4 is 0 Å². The number of halogens is 1. The quantitative estimate of drug-likeness (QED) is 0.269. The maximum Gasteiger partial charge on any atom is 0.185 e. The Morgan fingerprint density at radius 1 is 1.33 bits per heavy atom. The third-order valence-electron chi connectivity index (χ3n) is 2.69. The topological polar surface area (TPSA) is 17.1 Å². The zero-order chi connectivity index (χ0) is 13.0. The highest BCUT2D eigenvalue weighted by Crippen LogP contribution is 2.27. The molecule has 0 fully saturated rings. The Balaban J connectivity index is 2.03. The van der Waals surface area contributed by atoms with Crippen molar-refractivity contribution >= 4 is 36.2 Å². The van der Waals surface area contributed by atoms with Crippen LogP contribution in [-0.2, 0) is 0 Å². The van der Waals surface area contributed by atoms with Gasteiger partial charge in [0.25, 0.3) is 0 Å². The second kappa shape index (κ2) is 5.70. The van der Waals surface area contributed by atoms with Crippen LogP contribution in [0.5, 0.6) is 0 Å². The average Bonchev–Trinajstić information content (AvgIpc) is 2.38. The minimum Gasteiger partial charge on any atom is -0.289 e. The maximum absolute atomic E-state index is 11.9. The molecule has 0 heterocycles. The molecule has 0 aliphatic heterocycles. The molecule has 1 aromatic carbocycles. The van der Waals surface area contributed by atoms with E-state index in [1.54, 1.807) is 6.08 Å². The molecular weight excluding hydrogens is 334 g/mol. The molecule has 0 saturated carbocycles. The molecule has 1 aliphatic rings. The molecule has 0 spiro atoms. The molecule has 88 valence electrons. The number of alkyl halides is 1. The predicted octanol–water partition coefficient (Wildman–Crippen LogP) is 3.61. The highest BCUT2D eigenvalue weighted by Gasteiger charge is 2.16. The third kappa shape index (κ3) is 3.70. The van der Waals surface area contributed by atoms with Gasteiger partial charge >= 0.3 is 0 Å². The molecule has 3 heteroatoms. The lowest BCUT2D eigenvalue weighted by Crippen LogP contribution is -2.17. The Kier molecular flexibility index (Phi) is 4.22. The highest BCUT2D eigenvalue weighted by atomic mass is 127. The van der Waals surface area contributed by atoms with Crippen LogP contribution in [0, 0.1) is 0 Å². The molecule has 1 unspecified atom stereocenters. The first-order chi connectivity index (χ1) is 8.57. The van der Waals surface area contributed by atoms with Crippen molar-refractivity contribution in [2.24, 2.45) is 0 Å². The van der Waals surface area contributed by atoms with Gasteiger partial charge in [-0.3, -0.25) is 4.79 Å². The summed E-state index contributed by atoms with van der Waals surface area (Å²) < 4.78 is -0.293. The van der Waals surface area contributed by atoms with Crippen molar-refractivity contribution in [2.75, 3.05) is 0 Å². The Morgan fingerprint density at radius 3 is 2.67 bits per heavy atom. The summed E-state index contributed by atoms with van der Waals surface area (Å²) in [5, 5.41) is 0. The van der Waals surface area contributed by atoms with E-state index in [0.29, 0.717) is 5.56 Å². The number of rotatable bonds is 3. The van der Waals surface area contributed by atoms with E-state index in [4.69, 9.17) is 7.85 Å². The van der Waals surface area contributed by atoms with Crippen molar-refractivity contribution in [1.29, 1.82) is 0 Å². The van der Waals surface area contributed by atoms with Gasteiger partial charge in [0.1, 0.15) is 0 Å². The second-order valence-corrected chi connectivity index (χ2v) is 6.24. The molecule has 1 nitrogen and oxygen atoms in total. The van der Waals surface area contributed by atoms with Gasteiger partial charge in [-0.05, 0) is 18.1 Å². The molecule has 0 aromatic heterocycles. The number of allylic oxidation sites excluding steroid dienone is 6. The average molecular weight is 346 g/mol. The van der Waals surface area contributed by atoms with Gasteiger partial charge in [0.05, 0.1) is 7.85 Å². The van der Waals surface area contributed by atoms with Crippen LogP contribution in [-0.4, -0.2) is 17.0 Å². The minimum atomic E-state index is -0.293. The van der Waals surface area contributed by atoms with Crippen molar-refractivity contribution in [3.63, 3.8) is 0 Å². The van der Waals surface area contributed by atoms with Gasteiger partial charge in [-0.2, -0.15) is 0 Å². The Morgan fingerprint density at radius 2 is 2.06 bits per heavy atom. The van der Waals surface area contributed by atoms with E-state index in [2.05, 4.69) is 22.6 Å². The largest absolute Gasteiger partial charge is 0.289 e. The number of hydrogen-bond acceptors (Lipinski definition) is 1. The van der Waals surface area contributed by atoms with Gasteiger partial charge in [-0.1, -0.05) is 77.2 Å². The van der Waals surface area contributed by atoms with Gasteiger partial charge < -0.3 is 0 Å². The number of benzene rings is 1. The van der Waals surface area contributed by atoms with Crippen LogP contribution in [0.1, 0.15) is 16.8 Å². The van der Waals surface area contributed by atoms with Gasteiger partial charge in [0, 0.05) is 8.88 Å². The molecule has 2 radical (unpaired) electrons. The number of hydrogen-bond donors (Lipinski definition) is 0. The predicted molar refractivity (Wildman–Crippen MR) is 84.3 cm³/mol. The van der Waals surface area contributed by atoms with E-state index in [9.17, 15) is 4.79 Å². The monoisotopic (exact) mass is 346 g/mol. The fourth-order valence-electron chi connectivity index (χ4n) is 1.64. The van der Waals surface area contributed by atoms with Crippen molar-refractivity contribution in [2.45, 2.75) is 9.74 Å². The first-order valence-corrected chi connectivity index (χ1v) is 6.79. The van der Waals surface area contributed by atoms with Crippen molar-refractivity contribution in [3.8, 4) is 0 Å². The van der Waals surface area contributed by atoms with E-state index in [-0.39, 0.29) is 9.10 Å². The van der Waals surface area contributed by atoms with Gasteiger partial charge in [0.15, 0.2) is 5.78 Å². The zero-order valence-corrected chi connectivity index (χ0v) is 12.0. The standard InChI is InChI=1S/C15H12BIO/c16-15(17)10-8-12(9-11-15)6-7-14(18)13-4-2-1-3-5-13/h1-10H,11H2/b7-6+. The Bertz CT molecular complexity index is 527. The van der Waals surface area contributed by atoms with Gasteiger partial charge in [0.2, 0.25) is 0 Å². The molecule has 1 aromatic rings. The fourth-order valence-corrected chi connectivity index (χ4v) is 2.04. The van der Waals surface area contributed by atoms with E-state index in [1.165, 1.54) is 0 Å². The summed E-state index contributed by atoms with van der Waals surface area (Å²) in [7, 11) is 5.95. The summed E-state index contributed by atoms with van der Waals surface area (Å²) in [6, 6.07) is 9.24. The number of carbonyl (C=O) groups is 1. The van der Waals surface area contributed by atoms with Crippen molar-refractivity contribution in [1.82, 2.24) is 0 Å². The number of carbonyl (C=O) groups excluding carboxylic acids is 1. The molecule has 2 rings (SSSR count). The highest BCUT2D eigenvalue weighted by molar-refractivity contribution is 14.1. The minimum absolute atomic E-state index is 0.0176. The zero-order valence-electron chi connectivity index (χ0n) is 9.84. The van der Waals surface area contributed by atoms with Crippen LogP contribution in [0.2, 0.25) is 0 Å². The van der Waals surface area contributed by atoms with E-state index in [1.807, 2.05) is 54.6 Å². The molecule has 0 amide bonds. The van der Waals surface area contributed by atoms with Crippen LogP contribution in [0.25, 0.3) is 0 Å². The lowest BCUT2D eigenvalue weighted by Gasteiger charge is -2.20. The molecule has 0 saturated heterocycles. The summed E-state index contributed by atoms with van der Waals surface area (Å²) in [4.78, 5) is 11.9. The van der Waals surface area contributed by atoms with E-state index < -0.39 is 0 Å². The van der Waals surface area contributed by atoms with Gasteiger partial charge in [-0.15, -0.1) is 0 Å². The molecule has 18 heavy (non-hydrogen) atoms. The SMILES string of the molecule is [B]C1(I)C=CC(/C=C/C(=O)c2ccccc2)=CC1. The van der Waals surface area contributed by atoms with Gasteiger partial charge in [-0.25, -0.2) is 0 Å². The van der Waals surface area contributed by atoms with Crippen LogP contribution in [0.3, 0.4) is 0 Å². The summed E-state index contributed by atoms with van der Waals surface area (Å²) in [6.07, 6.45) is 10.2. The lowest BCUT2D eigenvalue weighted by atomic mass is 9.80. The first kappa shape index (κ1) is 13.3. The van der Waals surface area contributed by atoms with Crippen LogP contribution in [0.4, 0.5) is 0 Å². The Labute approximate surface area is 122 Å². The third-order valence-corrected chi connectivity index (χ3v) is 3.49. The van der Waals surface area contributed by atoms with E-state index >= 15 is 0 Å². The normalized spacial score (nSPS) is 23.1. The molecular formula is C15H12BIO. The van der Waals surface area contributed by atoms with Crippen molar-refractivity contribution < 1.29 is 4.79 Å². The fraction of sp³-hybridized carbons (Fsp3) is 0.133. The van der Waals surface area contributed by atoms with E-state index in [0.717, 1.165) is 12.0 Å². The summed E-state index contributed by atoms with van der Waals surface area (Å²) >= 11 is 2.21. The van der Waals surface area contributed by atoms with Crippen LogP contribution in [0.15, 0.2) is 66.3 Å². The first-order valence-electron chi connectivity index (χ1n) is 5.71. The summed E-state index contributed by atoms with van der Waals surface area (Å²) in [6.45, 7) is 0. The van der Waals surface area contributed by atoms with Crippen molar-refractivity contribution in [3.05, 3.63) is 71.8 Å². The summed E-state index contributed by atoms with van der Waals surface area (Å²) in [5.41, 5.74) is 1.73. The molecule has 1 aliphatic carbocycles. The summed E-state index contributed by atoms with van der Waals surface area (Å²) in [5.74, 6) is 0.0176. The Hall–Kier alpha value is -1.10. The maximum atomic E-state index is 11.9. The molecule has 1 atom stereocenters. The number of ketones is 1. The second-order valence-electron chi connectivity index (χ2n) is 4.23. The smallest absolute Gasteiger partial charge is 0.185 e. The molecule has 0 N–H and O–H groups in total. The van der Waals surface area contributed by atoms with Crippen LogP contribution >= 0.6 is 22.6 Å². The lowest BCUT2D eigenvalue weighted by molar-refractivity contribution is 0.104.